The Morgan fingerprint density at radius 1 is 0.848 bits per heavy atom. The Bertz CT molecular complexity index is 1180. The number of thioether (sulfide) groups is 1. The number of carbonyl (C=O) groups is 3. The maximum absolute atomic E-state index is 12.4. The molecule has 3 aromatic carbocycles. The van der Waals surface area contributed by atoms with E-state index in [0.717, 1.165) is 5.56 Å². The Kier molecular flexibility index (Phi) is 7.77. The number of benzene rings is 3. The lowest BCUT2D eigenvalue weighted by Crippen LogP contribution is -2.16. The molecule has 168 valence electrons. The molecule has 10 heteroatoms. The minimum absolute atomic E-state index is 0.0206. The maximum atomic E-state index is 12.4. The number of anilines is 2. The topological polar surface area (TPSA) is 139 Å². The van der Waals surface area contributed by atoms with E-state index in [1.54, 1.807) is 48.5 Å². The van der Waals surface area contributed by atoms with Crippen molar-refractivity contribution in [2.75, 3.05) is 16.4 Å². The monoisotopic (exact) mass is 465 g/mol. The van der Waals surface area contributed by atoms with Crippen LogP contribution < -0.4 is 10.6 Å². The molecular formula is C23H19N3O6S. The summed E-state index contributed by atoms with van der Waals surface area (Å²) in [6.07, 6.45) is 0. The highest BCUT2D eigenvalue weighted by atomic mass is 32.2. The van der Waals surface area contributed by atoms with Gasteiger partial charge in [-0.15, -0.1) is 11.8 Å². The van der Waals surface area contributed by atoms with Gasteiger partial charge in [0.15, 0.2) is 0 Å². The lowest BCUT2D eigenvalue weighted by atomic mass is 10.1. The first-order valence-electron chi connectivity index (χ1n) is 9.68. The van der Waals surface area contributed by atoms with Gasteiger partial charge < -0.3 is 15.7 Å². The molecule has 0 spiro atoms. The number of carboxylic acid groups (broad SMARTS) is 1. The summed E-state index contributed by atoms with van der Waals surface area (Å²) in [7, 11) is 0. The van der Waals surface area contributed by atoms with Crippen molar-refractivity contribution in [3.8, 4) is 0 Å². The molecule has 0 radical (unpaired) electrons. The van der Waals surface area contributed by atoms with E-state index in [1.165, 1.54) is 36.0 Å². The van der Waals surface area contributed by atoms with Crippen LogP contribution >= 0.6 is 11.8 Å². The van der Waals surface area contributed by atoms with Crippen LogP contribution in [0, 0.1) is 10.1 Å². The molecule has 0 atom stereocenters. The number of amides is 2. The number of aromatic carboxylic acids is 1. The molecule has 3 N–H and O–H groups in total. The number of non-ortho nitro benzene ring substituents is 1. The van der Waals surface area contributed by atoms with Crippen LogP contribution in [0.2, 0.25) is 0 Å². The minimum atomic E-state index is -1.19. The van der Waals surface area contributed by atoms with E-state index in [9.17, 15) is 29.6 Å². The first kappa shape index (κ1) is 23.5. The molecule has 0 heterocycles. The Morgan fingerprint density at radius 2 is 1.42 bits per heavy atom. The van der Waals surface area contributed by atoms with Crippen molar-refractivity contribution in [2.24, 2.45) is 0 Å². The Labute approximate surface area is 193 Å². The Morgan fingerprint density at radius 3 is 2.00 bits per heavy atom. The van der Waals surface area contributed by atoms with Crippen molar-refractivity contribution in [1.82, 2.24) is 0 Å². The fourth-order valence-corrected chi connectivity index (χ4v) is 3.66. The van der Waals surface area contributed by atoms with Gasteiger partial charge in [0.25, 0.3) is 11.6 Å². The summed E-state index contributed by atoms with van der Waals surface area (Å²) < 4.78 is 0. The second-order valence-electron chi connectivity index (χ2n) is 6.85. The van der Waals surface area contributed by atoms with Crippen LogP contribution in [-0.2, 0) is 10.5 Å². The van der Waals surface area contributed by atoms with Crippen molar-refractivity contribution in [3.05, 3.63) is 99.6 Å². The smallest absolute Gasteiger partial charge is 0.336 e. The van der Waals surface area contributed by atoms with Crippen LogP contribution in [0.3, 0.4) is 0 Å². The summed E-state index contributed by atoms with van der Waals surface area (Å²) in [6, 6.07) is 18.5. The van der Waals surface area contributed by atoms with Gasteiger partial charge in [-0.25, -0.2) is 4.79 Å². The molecule has 0 aliphatic rings. The molecule has 0 fully saturated rings. The average molecular weight is 465 g/mol. The van der Waals surface area contributed by atoms with Gasteiger partial charge in [-0.05, 0) is 42.0 Å². The van der Waals surface area contributed by atoms with E-state index in [-0.39, 0.29) is 28.5 Å². The quantitative estimate of drug-likeness (QED) is 0.314. The molecule has 0 unspecified atom stereocenters. The first-order chi connectivity index (χ1) is 15.8. The largest absolute Gasteiger partial charge is 0.478 e. The molecule has 0 saturated carbocycles. The standard InChI is InChI=1S/C23H19N3O6S/c27-21(14-33-13-15-5-11-18(12-6-15)26(31)32)24-16-7-9-17(10-8-16)25-22(28)19-3-1-2-4-20(19)23(29)30/h1-12H,13-14H2,(H,24,27)(H,25,28)(H,29,30). The number of carbonyl (C=O) groups excluding carboxylic acids is 2. The molecule has 0 saturated heterocycles. The number of hydrogen-bond acceptors (Lipinski definition) is 6. The fraction of sp³-hybridized carbons (Fsp3) is 0.0870. The third kappa shape index (κ3) is 6.65. The molecule has 0 aliphatic carbocycles. The van der Waals surface area contributed by atoms with Crippen molar-refractivity contribution in [2.45, 2.75) is 5.75 Å². The van der Waals surface area contributed by atoms with E-state index >= 15 is 0 Å². The van der Waals surface area contributed by atoms with Crippen molar-refractivity contribution in [1.29, 1.82) is 0 Å². The van der Waals surface area contributed by atoms with Crippen LogP contribution in [0.4, 0.5) is 17.1 Å². The van der Waals surface area contributed by atoms with Crippen molar-refractivity contribution in [3.63, 3.8) is 0 Å². The lowest BCUT2D eigenvalue weighted by Gasteiger charge is -2.09. The van der Waals surface area contributed by atoms with Gasteiger partial charge in [0, 0.05) is 29.3 Å². The van der Waals surface area contributed by atoms with E-state index in [2.05, 4.69) is 10.6 Å². The summed E-state index contributed by atoms with van der Waals surface area (Å²) in [5, 5.41) is 25.3. The van der Waals surface area contributed by atoms with E-state index in [4.69, 9.17) is 0 Å². The first-order valence-corrected chi connectivity index (χ1v) is 10.8. The fourth-order valence-electron chi connectivity index (χ4n) is 2.88. The molecule has 0 bridgehead atoms. The molecule has 9 nitrogen and oxygen atoms in total. The Balaban J connectivity index is 1.49. The molecule has 3 aromatic rings. The maximum Gasteiger partial charge on any atom is 0.336 e. The van der Waals surface area contributed by atoms with Gasteiger partial charge in [0.05, 0.1) is 21.8 Å². The van der Waals surface area contributed by atoms with Gasteiger partial charge in [-0.2, -0.15) is 0 Å². The summed E-state index contributed by atoms with van der Waals surface area (Å²) in [5.41, 5.74) is 1.85. The van der Waals surface area contributed by atoms with Crippen molar-refractivity contribution >= 4 is 46.6 Å². The molecule has 2 amide bonds. The molecule has 0 aromatic heterocycles. The SMILES string of the molecule is O=C(CSCc1ccc([N+](=O)[O-])cc1)Nc1ccc(NC(=O)c2ccccc2C(=O)O)cc1. The number of hydrogen-bond donors (Lipinski definition) is 3. The zero-order valence-corrected chi connectivity index (χ0v) is 18.0. The minimum Gasteiger partial charge on any atom is -0.478 e. The highest BCUT2D eigenvalue weighted by Gasteiger charge is 2.16. The Hall–Kier alpha value is -4.18. The second-order valence-corrected chi connectivity index (χ2v) is 7.83. The normalized spacial score (nSPS) is 10.3. The lowest BCUT2D eigenvalue weighted by molar-refractivity contribution is -0.384. The molecule has 33 heavy (non-hydrogen) atoms. The van der Waals surface area contributed by atoms with Gasteiger partial charge in [-0.1, -0.05) is 24.3 Å². The van der Waals surface area contributed by atoms with Crippen LogP contribution in [0.1, 0.15) is 26.3 Å². The number of nitrogens with zero attached hydrogens (tertiary/aromatic N) is 1. The van der Waals surface area contributed by atoms with Crippen LogP contribution in [-0.4, -0.2) is 33.6 Å². The molecule has 3 rings (SSSR count). The predicted molar refractivity (Wildman–Crippen MR) is 126 cm³/mol. The average Bonchev–Trinajstić information content (AvgIpc) is 2.80. The molecular weight excluding hydrogens is 446 g/mol. The van der Waals surface area contributed by atoms with Crippen molar-refractivity contribution < 1.29 is 24.4 Å². The van der Waals surface area contributed by atoms with Gasteiger partial charge in [0.1, 0.15) is 0 Å². The zero-order chi connectivity index (χ0) is 23.8. The predicted octanol–water partition coefficient (Wildman–Crippen LogP) is 4.42. The third-order valence-corrected chi connectivity index (χ3v) is 5.48. The summed E-state index contributed by atoms with van der Waals surface area (Å²) in [4.78, 5) is 46.0. The third-order valence-electron chi connectivity index (χ3n) is 4.48. The van der Waals surface area contributed by atoms with E-state index in [1.807, 2.05) is 0 Å². The van der Waals surface area contributed by atoms with Crippen LogP contribution in [0.25, 0.3) is 0 Å². The highest BCUT2D eigenvalue weighted by Crippen LogP contribution is 2.19. The number of carboxylic acids is 1. The molecule has 0 aliphatic heterocycles. The van der Waals surface area contributed by atoms with Crippen LogP contribution in [0.15, 0.2) is 72.8 Å². The number of nitrogens with one attached hydrogen (secondary N) is 2. The number of nitro benzene ring substituents is 1. The number of rotatable bonds is 9. The van der Waals surface area contributed by atoms with E-state index in [0.29, 0.717) is 17.1 Å². The summed E-state index contributed by atoms with van der Waals surface area (Å²) in [6.45, 7) is 0. The van der Waals surface area contributed by atoms with Gasteiger partial charge in [-0.3, -0.25) is 19.7 Å². The zero-order valence-electron chi connectivity index (χ0n) is 17.2. The van der Waals surface area contributed by atoms with Gasteiger partial charge in [0.2, 0.25) is 5.91 Å². The van der Waals surface area contributed by atoms with Gasteiger partial charge >= 0.3 is 5.97 Å². The highest BCUT2D eigenvalue weighted by molar-refractivity contribution is 7.99. The number of nitro groups is 1. The summed E-state index contributed by atoms with van der Waals surface area (Å²) >= 11 is 1.37. The summed E-state index contributed by atoms with van der Waals surface area (Å²) in [5.74, 6) is -1.22. The van der Waals surface area contributed by atoms with Crippen LogP contribution in [0.5, 0.6) is 0 Å². The van der Waals surface area contributed by atoms with E-state index < -0.39 is 16.8 Å². The second kappa shape index (κ2) is 10.9.